The largest absolute Gasteiger partial charge is 0.396 e. The first-order valence-electron chi connectivity index (χ1n) is 8.93. The van der Waals surface area contributed by atoms with Crippen LogP contribution in [-0.2, 0) is 0 Å². The normalized spacial score (nSPS) is 51.5. The van der Waals surface area contributed by atoms with Gasteiger partial charge in [-0.2, -0.15) is 0 Å². The maximum atomic E-state index is 10.8. The quantitative estimate of drug-likeness (QED) is 0.755. The van der Waals surface area contributed by atoms with E-state index in [0.29, 0.717) is 11.8 Å². The van der Waals surface area contributed by atoms with Crippen molar-refractivity contribution < 1.29 is 10.2 Å². The van der Waals surface area contributed by atoms with E-state index in [9.17, 15) is 10.2 Å². The van der Waals surface area contributed by atoms with Gasteiger partial charge >= 0.3 is 0 Å². The first-order valence-corrected chi connectivity index (χ1v) is 8.93. The van der Waals surface area contributed by atoms with Crippen LogP contribution in [0.25, 0.3) is 0 Å². The number of fused-ring (bicyclic) bond motifs is 3. The highest BCUT2D eigenvalue weighted by molar-refractivity contribution is 5.29. The van der Waals surface area contributed by atoms with Gasteiger partial charge in [0.25, 0.3) is 0 Å². The van der Waals surface area contributed by atoms with Crippen molar-refractivity contribution in [3.63, 3.8) is 0 Å². The second kappa shape index (κ2) is 5.21. The minimum atomic E-state index is -0.341. The van der Waals surface area contributed by atoms with Crippen LogP contribution in [0.5, 0.6) is 0 Å². The van der Waals surface area contributed by atoms with Gasteiger partial charge < -0.3 is 10.2 Å². The van der Waals surface area contributed by atoms with E-state index < -0.39 is 0 Å². The molecule has 2 nitrogen and oxygen atoms in total. The maximum absolute atomic E-state index is 10.8. The molecular formula is C20H32O2. The molecule has 3 aliphatic rings. The summed E-state index contributed by atoms with van der Waals surface area (Å²) >= 11 is 0. The van der Waals surface area contributed by atoms with Crippen LogP contribution < -0.4 is 0 Å². The van der Waals surface area contributed by atoms with Gasteiger partial charge in [0.1, 0.15) is 0 Å². The van der Waals surface area contributed by atoms with Gasteiger partial charge in [0.15, 0.2) is 0 Å². The molecule has 22 heavy (non-hydrogen) atoms. The average Bonchev–Trinajstić information content (AvgIpc) is 2.50. The number of aliphatic hydroxyl groups is 2. The smallest absolute Gasteiger partial charge is 0.0756 e. The third-order valence-electron chi connectivity index (χ3n) is 7.44. The monoisotopic (exact) mass is 304 g/mol. The zero-order chi connectivity index (χ0) is 16.2. The van der Waals surface area contributed by atoms with Crippen LogP contribution in [0.3, 0.4) is 0 Å². The highest BCUT2D eigenvalue weighted by atomic mass is 16.3. The number of hydrogen-bond donors (Lipinski definition) is 2. The van der Waals surface area contributed by atoms with E-state index >= 15 is 0 Å². The van der Waals surface area contributed by atoms with E-state index in [1.54, 1.807) is 0 Å². The maximum Gasteiger partial charge on any atom is 0.0756 e. The van der Waals surface area contributed by atoms with Crippen molar-refractivity contribution in [3.05, 3.63) is 24.3 Å². The molecule has 0 heterocycles. The highest BCUT2D eigenvalue weighted by Gasteiger charge is 2.57. The van der Waals surface area contributed by atoms with Crippen LogP contribution in [0.2, 0.25) is 0 Å². The van der Waals surface area contributed by atoms with Crippen molar-refractivity contribution in [1.82, 2.24) is 0 Å². The van der Waals surface area contributed by atoms with Crippen molar-refractivity contribution in [2.75, 3.05) is 6.61 Å². The molecule has 0 bridgehead atoms. The highest BCUT2D eigenvalue weighted by Crippen LogP contribution is 2.63. The lowest BCUT2D eigenvalue weighted by molar-refractivity contribution is -0.112. The molecule has 0 aromatic rings. The Kier molecular flexibility index (Phi) is 3.85. The van der Waals surface area contributed by atoms with Crippen LogP contribution in [0, 0.1) is 28.1 Å². The predicted molar refractivity (Wildman–Crippen MR) is 90.4 cm³/mol. The molecule has 0 amide bonds. The zero-order valence-corrected chi connectivity index (χ0v) is 14.4. The Morgan fingerprint density at radius 1 is 1.27 bits per heavy atom. The standard InChI is InChI=1S/C20H32O2/c1-5-18(2)10-7-15-14(12-18)16(22)11-17-19(3,13-21)8-6-9-20(15,17)4/h5,12,15-17,21-22H,1,6-11,13H2,2-4H3/t15-,16+,17-,18-,19-,20+/m0/s1. The average molecular weight is 304 g/mol. The molecule has 2 fully saturated rings. The van der Waals surface area contributed by atoms with Crippen molar-refractivity contribution in [1.29, 1.82) is 0 Å². The minimum Gasteiger partial charge on any atom is -0.396 e. The summed E-state index contributed by atoms with van der Waals surface area (Å²) in [6.07, 6.45) is 10.6. The third-order valence-corrected chi connectivity index (χ3v) is 7.44. The van der Waals surface area contributed by atoms with E-state index in [1.807, 2.05) is 6.08 Å². The van der Waals surface area contributed by atoms with Crippen molar-refractivity contribution in [2.24, 2.45) is 28.1 Å². The molecule has 2 saturated carbocycles. The molecule has 0 spiro atoms. The summed E-state index contributed by atoms with van der Waals surface area (Å²) in [7, 11) is 0. The summed E-state index contributed by atoms with van der Waals surface area (Å²) < 4.78 is 0. The summed E-state index contributed by atoms with van der Waals surface area (Å²) in [5, 5.41) is 20.8. The molecule has 0 aliphatic heterocycles. The second-order valence-corrected chi connectivity index (χ2v) is 8.92. The van der Waals surface area contributed by atoms with E-state index in [4.69, 9.17) is 0 Å². The number of rotatable bonds is 2. The van der Waals surface area contributed by atoms with Crippen LogP contribution in [0.15, 0.2) is 24.3 Å². The summed E-state index contributed by atoms with van der Waals surface area (Å²) in [6, 6.07) is 0. The second-order valence-electron chi connectivity index (χ2n) is 8.92. The Morgan fingerprint density at radius 2 is 2.00 bits per heavy atom. The minimum absolute atomic E-state index is 0.0291. The fourth-order valence-electron chi connectivity index (χ4n) is 5.91. The van der Waals surface area contributed by atoms with Crippen molar-refractivity contribution >= 4 is 0 Å². The van der Waals surface area contributed by atoms with Gasteiger partial charge in [-0.3, -0.25) is 0 Å². The van der Waals surface area contributed by atoms with E-state index in [1.165, 1.54) is 18.4 Å². The van der Waals surface area contributed by atoms with E-state index in [2.05, 4.69) is 33.4 Å². The lowest BCUT2D eigenvalue weighted by atomic mass is 9.45. The molecule has 2 heteroatoms. The molecule has 0 unspecified atom stereocenters. The van der Waals surface area contributed by atoms with Gasteiger partial charge in [0, 0.05) is 12.0 Å². The number of aliphatic hydroxyl groups excluding tert-OH is 2. The number of allylic oxidation sites excluding steroid dienone is 2. The van der Waals surface area contributed by atoms with Crippen LogP contribution in [0.4, 0.5) is 0 Å². The van der Waals surface area contributed by atoms with Crippen molar-refractivity contribution in [2.45, 2.75) is 65.4 Å². The van der Waals surface area contributed by atoms with Crippen molar-refractivity contribution in [3.8, 4) is 0 Å². The summed E-state index contributed by atoms with van der Waals surface area (Å²) in [5.41, 5.74) is 1.49. The molecule has 2 N–H and O–H groups in total. The topological polar surface area (TPSA) is 40.5 Å². The van der Waals surface area contributed by atoms with Gasteiger partial charge in [-0.1, -0.05) is 39.3 Å². The molecular weight excluding hydrogens is 272 g/mol. The molecule has 0 saturated heterocycles. The third kappa shape index (κ3) is 2.22. The van der Waals surface area contributed by atoms with Gasteiger partial charge in [0.05, 0.1) is 6.10 Å². The van der Waals surface area contributed by atoms with Gasteiger partial charge in [0.2, 0.25) is 0 Å². The molecule has 6 atom stereocenters. The predicted octanol–water partition coefficient (Wildman–Crippen LogP) is 4.08. The van der Waals surface area contributed by atoms with Crippen LogP contribution in [-0.4, -0.2) is 22.9 Å². The summed E-state index contributed by atoms with van der Waals surface area (Å²) in [4.78, 5) is 0. The van der Waals surface area contributed by atoms with Gasteiger partial charge in [-0.15, -0.1) is 6.58 Å². The van der Waals surface area contributed by atoms with Gasteiger partial charge in [-0.05, 0) is 60.3 Å². The SMILES string of the molecule is C=C[C@]1(C)C=C2[C@H](O)C[C@H]3[C@](C)(CO)CCC[C@]3(C)[C@H]2CC1. The Bertz CT molecular complexity index is 496. The molecule has 3 rings (SSSR count). The lowest BCUT2D eigenvalue weighted by Crippen LogP contribution is -2.55. The zero-order valence-electron chi connectivity index (χ0n) is 14.4. The van der Waals surface area contributed by atoms with Crippen LogP contribution >= 0.6 is 0 Å². The molecule has 0 aromatic carbocycles. The fraction of sp³-hybridized carbons (Fsp3) is 0.800. The molecule has 0 aromatic heterocycles. The van der Waals surface area contributed by atoms with Crippen LogP contribution in [0.1, 0.15) is 59.3 Å². The Hall–Kier alpha value is -0.600. The lowest BCUT2D eigenvalue weighted by Gasteiger charge is -2.61. The first-order chi connectivity index (χ1) is 10.3. The Labute approximate surface area is 135 Å². The molecule has 124 valence electrons. The van der Waals surface area contributed by atoms with E-state index in [-0.39, 0.29) is 29.0 Å². The summed E-state index contributed by atoms with van der Waals surface area (Å²) in [6.45, 7) is 11.1. The van der Waals surface area contributed by atoms with Gasteiger partial charge in [-0.25, -0.2) is 0 Å². The molecule has 3 aliphatic carbocycles. The van der Waals surface area contributed by atoms with E-state index in [0.717, 1.165) is 25.7 Å². The fourth-order valence-corrected chi connectivity index (χ4v) is 5.91. The first kappa shape index (κ1) is 16.3. The summed E-state index contributed by atoms with van der Waals surface area (Å²) in [5.74, 6) is 0.893. The molecule has 0 radical (unpaired) electrons. The Balaban J connectivity index is 2.02. The number of hydrogen-bond acceptors (Lipinski definition) is 2. The Morgan fingerprint density at radius 3 is 2.64 bits per heavy atom.